The zero-order valence-electron chi connectivity index (χ0n) is 76.1. The molecule has 6 atom stereocenters. The quantitative estimate of drug-likeness (QED) is 0.0222. The molecular weight excluding hydrogens is 1490 g/mol. The number of unbranched alkanes of at least 4 members (excludes halogenated alkanes) is 64. The largest absolute Gasteiger partial charge is 0.472 e. The van der Waals surface area contributed by atoms with E-state index in [4.69, 9.17) is 37.0 Å². The highest BCUT2D eigenvalue weighted by Gasteiger charge is 2.31. The number of phosphoric ester groups is 2. The molecule has 0 aliphatic heterocycles. The zero-order chi connectivity index (χ0) is 84.1. The summed E-state index contributed by atoms with van der Waals surface area (Å²) in [6.07, 6.45) is 83.6. The summed E-state index contributed by atoms with van der Waals surface area (Å²) in [6.45, 7) is 9.76. The second-order valence-electron chi connectivity index (χ2n) is 35.2. The topological polar surface area (TPSA) is 237 Å². The summed E-state index contributed by atoms with van der Waals surface area (Å²) in [4.78, 5) is 73.6. The number of rotatable bonds is 95. The molecule has 0 aliphatic rings. The van der Waals surface area contributed by atoms with E-state index in [9.17, 15) is 43.2 Å². The van der Waals surface area contributed by atoms with E-state index in [0.717, 1.165) is 102 Å². The molecule has 0 aromatic rings. The van der Waals surface area contributed by atoms with Crippen LogP contribution in [0.5, 0.6) is 0 Å². The minimum Gasteiger partial charge on any atom is -0.462 e. The number of aliphatic hydroxyl groups is 1. The molecule has 0 spiro atoms. The second kappa shape index (κ2) is 87.0. The van der Waals surface area contributed by atoms with E-state index < -0.39 is 97.5 Å². The Morgan fingerprint density at radius 3 is 0.661 bits per heavy atom. The lowest BCUT2D eigenvalue weighted by Gasteiger charge is -2.21. The van der Waals surface area contributed by atoms with Crippen LogP contribution in [0.1, 0.15) is 523 Å². The summed E-state index contributed by atoms with van der Waals surface area (Å²) >= 11 is 0. The molecule has 19 heteroatoms. The molecule has 115 heavy (non-hydrogen) atoms. The van der Waals surface area contributed by atoms with Gasteiger partial charge in [0.1, 0.15) is 19.3 Å². The Morgan fingerprint density at radius 2 is 0.443 bits per heavy atom. The van der Waals surface area contributed by atoms with Crippen molar-refractivity contribution in [3.05, 3.63) is 0 Å². The van der Waals surface area contributed by atoms with Gasteiger partial charge in [-0.1, -0.05) is 472 Å². The monoisotopic (exact) mass is 1680 g/mol. The molecule has 0 saturated heterocycles. The minimum atomic E-state index is -4.97. The van der Waals surface area contributed by atoms with Crippen LogP contribution in [0.15, 0.2) is 0 Å². The van der Waals surface area contributed by atoms with Crippen molar-refractivity contribution in [2.75, 3.05) is 39.6 Å². The first-order chi connectivity index (χ1) is 55.9. The van der Waals surface area contributed by atoms with Gasteiger partial charge in [0.2, 0.25) is 0 Å². The minimum absolute atomic E-state index is 0.108. The third kappa shape index (κ3) is 88.2. The van der Waals surface area contributed by atoms with Crippen LogP contribution in [0.4, 0.5) is 0 Å². The van der Waals surface area contributed by atoms with Crippen molar-refractivity contribution >= 4 is 39.5 Å². The molecule has 684 valence electrons. The molecule has 0 heterocycles. The van der Waals surface area contributed by atoms with Gasteiger partial charge in [-0.2, -0.15) is 0 Å². The van der Waals surface area contributed by atoms with E-state index in [1.54, 1.807) is 0 Å². The molecule has 0 radical (unpaired) electrons. The summed E-state index contributed by atoms with van der Waals surface area (Å²) in [5.74, 6) is -0.506. The van der Waals surface area contributed by atoms with Gasteiger partial charge in [0.05, 0.1) is 26.4 Å². The van der Waals surface area contributed by atoms with Crippen molar-refractivity contribution < 1.29 is 80.2 Å². The third-order valence-electron chi connectivity index (χ3n) is 23.1. The van der Waals surface area contributed by atoms with Crippen LogP contribution in [-0.4, -0.2) is 96.7 Å². The highest BCUT2D eigenvalue weighted by atomic mass is 31.2. The Balaban J connectivity index is 5.24. The standard InChI is InChI=1S/C96H188O17P2/c1-7-10-12-14-16-18-20-22-24-26-28-30-32-34-36-41-45-49-53-60-66-72-78-93(98)106-84-91(112-95(100)80-74-68-62-54-50-46-42-37-35-33-31-29-27-25-23-21-19-17-15-13-11-8-2)86-110-114(102,103)108-82-90(97)83-109-115(104,105)111-87-92(85-107-94(99)79-73-67-61-57-56-59-65-71-77-89(6)9-3)113-96(101)81-75-69-63-55-51-47-43-39-38-40-44-48-52-58-64-70-76-88(4)5/h88-92,97H,7-87H2,1-6H3,(H,102,103)(H,104,105)/t89?,90-,91-,92-/m1/s1. The van der Waals surface area contributed by atoms with E-state index in [1.807, 2.05) is 0 Å². The Kier molecular flexibility index (Phi) is 85.5. The van der Waals surface area contributed by atoms with Gasteiger partial charge in [0.15, 0.2) is 12.2 Å². The van der Waals surface area contributed by atoms with Gasteiger partial charge in [0, 0.05) is 25.7 Å². The van der Waals surface area contributed by atoms with Gasteiger partial charge in [-0.05, 0) is 37.5 Å². The average Bonchev–Trinajstić information content (AvgIpc) is 0.892. The van der Waals surface area contributed by atoms with E-state index in [-0.39, 0.29) is 25.7 Å². The SMILES string of the molecule is CCCCCCCCCCCCCCCCCCCCCCCCC(=O)OC[C@H](COP(=O)(O)OC[C@@H](O)COP(=O)(O)OC[C@@H](COC(=O)CCCCCCCCCCC(C)CC)OC(=O)CCCCCCCCCCCCCCCCCCC(C)C)OC(=O)CCCCCCCCCCCCCCCCCCCCCCCC. The number of carbonyl (C=O) groups excluding carboxylic acids is 4. The summed E-state index contributed by atoms with van der Waals surface area (Å²) < 4.78 is 69.2. The van der Waals surface area contributed by atoms with Crippen molar-refractivity contribution in [3.8, 4) is 0 Å². The van der Waals surface area contributed by atoms with Crippen molar-refractivity contribution in [3.63, 3.8) is 0 Å². The van der Waals surface area contributed by atoms with Crippen molar-refractivity contribution in [1.29, 1.82) is 0 Å². The molecule has 3 N–H and O–H groups in total. The molecule has 3 unspecified atom stereocenters. The summed E-state index contributed by atoms with van der Waals surface area (Å²) in [5, 5.41) is 10.7. The van der Waals surface area contributed by atoms with Gasteiger partial charge in [0.25, 0.3) is 0 Å². The summed E-state index contributed by atoms with van der Waals surface area (Å²) in [7, 11) is -9.94. The van der Waals surface area contributed by atoms with Crippen LogP contribution in [0.3, 0.4) is 0 Å². The van der Waals surface area contributed by atoms with E-state index in [0.29, 0.717) is 25.7 Å². The fraction of sp³-hybridized carbons (Fsp3) is 0.958. The number of esters is 4. The lowest BCUT2D eigenvalue weighted by Crippen LogP contribution is -2.30. The van der Waals surface area contributed by atoms with E-state index >= 15 is 0 Å². The molecule has 0 rings (SSSR count). The fourth-order valence-corrected chi connectivity index (χ4v) is 16.7. The van der Waals surface area contributed by atoms with Crippen molar-refractivity contribution in [2.45, 2.75) is 541 Å². The molecular formula is C96H188O17P2. The van der Waals surface area contributed by atoms with Crippen molar-refractivity contribution in [2.24, 2.45) is 11.8 Å². The Bertz CT molecular complexity index is 2190. The first-order valence-corrected chi connectivity index (χ1v) is 52.5. The van der Waals surface area contributed by atoms with E-state index in [2.05, 4.69) is 41.5 Å². The Morgan fingerprint density at radius 1 is 0.252 bits per heavy atom. The van der Waals surface area contributed by atoms with Gasteiger partial charge in [-0.25, -0.2) is 9.13 Å². The predicted molar refractivity (Wildman–Crippen MR) is 478 cm³/mol. The number of carbonyl (C=O) groups is 4. The van der Waals surface area contributed by atoms with Crippen LogP contribution < -0.4 is 0 Å². The van der Waals surface area contributed by atoms with Gasteiger partial charge in [-0.15, -0.1) is 0 Å². The smallest absolute Gasteiger partial charge is 0.462 e. The van der Waals surface area contributed by atoms with Crippen LogP contribution in [-0.2, 0) is 65.4 Å². The third-order valence-corrected chi connectivity index (χ3v) is 25.0. The first kappa shape index (κ1) is 113. The van der Waals surface area contributed by atoms with Gasteiger partial charge < -0.3 is 33.8 Å². The highest BCUT2D eigenvalue weighted by molar-refractivity contribution is 7.47. The maximum Gasteiger partial charge on any atom is 0.472 e. The van der Waals surface area contributed by atoms with Crippen LogP contribution in [0.25, 0.3) is 0 Å². The molecule has 17 nitrogen and oxygen atoms in total. The van der Waals surface area contributed by atoms with E-state index in [1.165, 1.54) is 340 Å². The molecule has 0 aromatic heterocycles. The molecule has 0 aliphatic carbocycles. The summed E-state index contributed by atoms with van der Waals surface area (Å²) in [5.41, 5.74) is 0. The van der Waals surface area contributed by atoms with Crippen LogP contribution in [0.2, 0.25) is 0 Å². The fourth-order valence-electron chi connectivity index (χ4n) is 15.2. The molecule has 0 bridgehead atoms. The average molecular weight is 1680 g/mol. The van der Waals surface area contributed by atoms with Gasteiger partial charge >= 0.3 is 39.5 Å². The first-order valence-electron chi connectivity index (χ1n) is 49.5. The molecule has 0 amide bonds. The van der Waals surface area contributed by atoms with Crippen LogP contribution >= 0.6 is 15.6 Å². The normalized spacial score (nSPS) is 13.9. The Hall–Kier alpha value is -1.94. The number of aliphatic hydroxyl groups excluding tert-OH is 1. The molecule has 0 aromatic carbocycles. The highest BCUT2D eigenvalue weighted by Crippen LogP contribution is 2.45. The lowest BCUT2D eigenvalue weighted by atomic mass is 9.99. The Labute approximate surface area is 708 Å². The molecule has 0 fully saturated rings. The number of hydrogen-bond donors (Lipinski definition) is 3. The maximum atomic E-state index is 13.2. The van der Waals surface area contributed by atoms with Crippen molar-refractivity contribution in [1.82, 2.24) is 0 Å². The number of ether oxygens (including phenoxy) is 4. The summed E-state index contributed by atoms with van der Waals surface area (Å²) in [6, 6.07) is 0. The maximum absolute atomic E-state index is 13.2. The molecule has 0 saturated carbocycles. The van der Waals surface area contributed by atoms with Gasteiger partial charge in [-0.3, -0.25) is 37.3 Å². The lowest BCUT2D eigenvalue weighted by molar-refractivity contribution is -0.161. The van der Waals surface area contributed by atoms with Crippen LogP contribution in [0, 0.1) is 11.8 Å². The number of phosphoric acid groups is 2. The zero-order valence-corrected chi connectivity index (χ0v) is 77.9. The second-order valence-corrected chi connectivity index (χ2v) is 38.1. The predicted octanol–water partition coefficient (Wildman–Crippen LogP) is 30.1. The number of hydrogen-bond acceptors (Lipinski definition) is 15.